The molecule has 0 unspecified atom stereocenters. The summed E-state index contributed by atoms with van der Waals surface area (Å²) in [5.74, 6) is -2.96. The van der Waals surface area contributed by atoms with E-state index in [1.165, 1.54) is 32.9 Å². The van der Waals surface area contributed by atoms with Gasteiger partial charge in [-0.15, -0.1) is 0 Å². The molecule has 2 N–H and O–H groups in total. The number of hydrogen-bond acceptors (Lipinski definition) is 5. The van der Waals surface area contributed by atoms with Gasteiger partial charge in [-0.25, -0.2) is 13.5 Å². The Morgan fingerprint density at radius 3 is 2.17 bits per heavy atom. The van der Waals surface area contributed by atoms with E-state index in [-0.39, 0.29) is 34.6 Å². The number of rotatable bonds is 12. The van der Waals surface area contributed by atoms with E-state index in [2.05, 4.69) is 10.4 Å². The number of aryl methyl sites for hydroxylation is 4. The number of hydrogen-bond donors (Lipinski definition) is 2. The summed E-state index contributed by atoms with van der Waals surface area (Å²) in [5.41, 5.74) is 0.822. The number of aromatic nitrogens is 2. The van der Waals surface area contributed by atoms with E-state index in [1.807, 2.05) is 18.7 Å². The second kappa shape index (κ2) is 14.6. The molecule has 0 aliphatic carbocycles. The minimum atomic E-state index is -4.57. The number of nitrogens with one attached hydrogen (secondary N) is 1. The molecule has 48 heavy (non-hydrogen) atoms. The predicted octanol–water partition coefficient (Wildman–Crippen LogP) is 6.42. The summed E-state index contributed by atoms with van der Waals surface area (Å²) in [6.45, 7) is 10.9. The summed E-state index contributed by atoms with van der Waals surface area (Å²) < 4.78 is 70.6. The van der Waals surface area contributed by atoms with Gasteiger partial charge in [0.1, 0.15) is 18.0 Å². The van der Waals surface area contributed by atoms with Gasteiger partial charge in [-0.1, -0.05) is 13.8 Å². The third-order valence-corrected chi connectivity index (χ3v) is 8.56. The van der Waals surface area contributed by atoms with Crippen molar-refractivity contribution >= 4 is 11.9 Å². The predicted molar refractivity (Wildman–Crippen MR) is 171 cm³/mol. The van der Waals surface area contributed by atoms with Crippen molar-refractivity contribution in [2.45, 2.75) is 85.2 Å². The molecule has 3 aromatic rings. The quantitative estimate of drug-likeness (QED) is 0.215. The van der Waals surface area contributed by atoms with E-state index in [1.54, 1.807) is 13.0 Å². The normalized spacial score (nSPS) is 15.3. The van der Waals surface area contributed by atoms with Gasteiger partial charge in [0, 0.05) is 37.2 Å². The molecule has 1 aliphatic heterocycles. The maximum absolute atomic E-state index is 15.8. The van der Waals surface area contributed by atoms with Crippen LogP contribution in [0.1, 0.15) is 77.8 Å². The summed E-state index contributed by atoms with van der Waals surface area (Å²) in [6.07, 6.45) is -5.58. The first-order valence-electron chi connectivity index (χ1n) is 15.8. The fourth-order valence-corrected chi connectivity index (χ4v) is 6.22. The number of benzene rings is 2. The summed E-state index contributed by atoms with van der Waals surface area (Å²) >= 11 is 0. The number of halogens is 5. The molecule has 1 aromatic heterocycles. The van der Waals surface area contributed by atoms with Gasteiger partial charge in [0.25, 0.3) is 5.56 Å². The third-order valence-electron chi connectivity index (χ3n) is 8.56. The molecule has 0 saturated carbocycles. The van der Waals surface area contributed by atoms with E-state index < -0.39 is 59.7 Å². The van der Waals surface area contributed by atoms with Crippen molar-refractivity contribution in [1.82, 2.24) is 20.0 Å². The van der Waals surface area contributed by atoms with E-state index in [0.29, 0.717) is 48.4 Å². The van der Waals surface area contributed by atoms with Crippen molar-refractivity contribution in [2.75, 3.05) is 19.6 Å². The lowest BCUT2D eigenvalue weighted by atomic mass is 9.89. The van der Waals surface area contributed by atoms with Gasteiger partial charge in [-0.2, -0.15) is 18.3 Å². The fraction of sp³-hybridized carbons (Fsp3) is 0.486. The molecule has 1 aliphatic rings. The van der Waals surface area contributed by atoms with E-state index in [4.69, 9.17) is 0 Å². The van der Waals surface area contributed by atoms with Crippen LogP contribution in [0.5, 0.6) is 0 Å². The number of likely N-dealkylation sites (tertiary alicyclic amines) is 1. The number of alkyl halides is 4. The minimum absolute atomic E-state index is 0.104. The average molecular weight is 677 g/mol. The van der Waals surface area contributed by atoms with Crippen molar-refractivity contribution in [3.05, 3.63) is 85.6 Å². The molecule has 1 amide bonds. The number of carbonyl (C=O) groups excluding carboxylic acids is 1. The molecule has 13 heteroatoms. The van der Waals surface area contributed by atoms with Crippen LogP contribution in [0.15, 0.2) is 35.1 Å². The van der Waals surface area contributed by atoms with E-state index >= 15 is 4.39 Å². The first kappa shape index (κ1) is 36.7. The Bertz CT molecular complexity index is 1720. The minimum Gasteiger partial charge on any atom is -0.481 e. The molecule has 2 aromatic carbocycles. The molecule has 0 bridgehead atoms. The average Bonchev–Trinajstić information content (AvgIpc) is 2.95. The van der Waals surface area contributed by atoms with Crippen LogP contribution in [0.3, 0.4) is 0 Å². The first-order chi connectivity index (χ1) is 22.3. The van der Waals surface area contributed by atoms with Gasteiger partial charge < -0.3 is 10.4 Å². The fourth-order valence-electron chi connectivity index (χ4n) is 6.22. The zero-order chi connectivity index (χ0) is 35.7. The lowest BCUT2D eigenvalue weighted by Crippen LogP contribution is -2.49. The van der Waals surface area contributed by atoms with Crippen molar-refractivity contribution in [3.8, 4) is 11.1 Å². The van der Waals surface area contributed by atoms with Gasteiger partial charge in [0.15, 0.2) is 0 Å². The maximum atomic E-state index is 15.8. The Morgan fingerprint density at radius 2 is 1.62 bits per heavy atom. The van der Waals surface area contributed by atoms with Crippen LogP contribution in [0.2, 0.25) is 0 Å². The number of carbonyl (C=O) groups is 2. The van der Waals surface area contributed by atoms with Crippen LogP contribution in [0.25, 0.3) is 11.1 Å². The van der Waals surface area contributed by atoms with Crippen molar-refractivity contribution in [2.24, 2.45) is 5.92 Å². The Morgan fingerprint density at radius 1 is 1.00 bits per heavy atom. The Balaban J connectivity index is 1.73. The number of nitrogens with zero attached hydrogens (tertiary/aromatic N) is 3. The lowest BCUT2D eigenvalue weighted by molar-refractivity contribution is -0.138. The molecule has 2 heterocycles. The van der Waals surface area contributed by atoms with Crippen LogP contribution in [0, 0.1) is 39.4 Å². The van der Waals surface area contributed by atoms with Crippen LogP contribution in [0.4, 0.5) is 22.0 Å². The molecule has 0 radical (unpaired) electrons. The first-order valence-corrected chi connectivity index (χ1v) is 15.8. The summed E-state index contributed by atoms with van der Waals surface area (Å²) in [5, 5.41) is 16.9. The molecule has 0 spiro atoms. The maximum Gasteiger partial charge on any atom is 0.416 e. The molecular weight excluding hydrogens is 635 g/mol. The van der Waals surface area contributed by atoms with E-state index in [9.17, 15) is 37.1 Å². The lowest BCUT2D eigenvalue weighted by Gasteiger charge is -2.34. The number of carboxylic acid groups (broad SMARTS) is 1. The highest BCUT2D eigenvalue weighted by Gasteiger charge is 2.33. The molecule has 260 valence electrons. The molecule has 1 fully saturated rings. The second-order valence-corrected chi connectivity index (χ2v) is 13.2. The summed E-state index contributed by atoms with van der Waals surface area (Å²) in [7, 11) is 0. The standard InChI is InChI=1S/C35H41F5N4O4/c1-18(2)9-29(44-34(48)22(6)13-26(42-44)7-8-43-16-25(36)17-43)33(47)41-28(15-30(45)46)27-14-23(10-21(5)32(27)37)31-19(3)11-24(12-20(31)4)35(38,39)40/h10-14,18,25,28-29H,7-9,15-17H2,1-6H3,(H,41,47)(H,45,46)/t28-,29-/m0/s1. The highest BCUT2D eigenvalue weighted by Crippen LogP contribution is 2.38. The highest BCUT2D eigenvalue weighted by molar-refractivity contribution is 5.82. The summed E-state index contributed by atoms with van der Waals surface area (Å²) in [6, 6.07) is 3.87. The summed E-state index contributed by atoms with van der Waals surface area (Å²) in [4.78, 5) is 41.2. The van der Waals surface area contributed by atoms with Gasteiger partial charge in [-0.05, 0) is 98.2 Å². The number of aliphatic carboxylic acids is 1. The van der Waals surface area contributed by atoms with Gasteiger partial charge in [0.2, 0.25) is 5.91 Å². The SMILES string of the molecule is Cc1cc(-c2c(C)cc(C(F)(F)F)cc2C)cc([C@H](CC(=O)O)NC(=O)[C@H](CC(C)C)n2nc(CCN3CC(F)C3)cc(C)c2=O)c1F. The zero-order valence-corrected chi connectivity index (χ0v) is 27.8. The Hall–Kier alpha value is -4.13. The molecule has 2 atom stereocenters. The van der Waals surface area contributed by atoms with Crippen molar-refractivity contribution in [1.29, 1.82) is 0 Å². The monoisotopic (exact) mass is 676 g/mol. The zero-order valence-electron chi connectivity index (χ0n) is 27.8. The topological polar surface area (TPSA) is 105 Å². The second-order valence-electron chi connectivity index (χ2n) is 13.2. The van der Waals surface area contributed by atoms with Crippen molar-refractivity contribution < 1.29 is 36.6 Å². The highest BCUT2D eigenvalue weighted by atomic mass is 19.4. The molecule has 4 rings (SSSR count). The number of carboxylic acids is 1. The van der Waals surface area contributed by atoms with Crippen molar-refractivity contribution in [3.63, 3.8) is 0 Å². The van der Waals surface area contributed by atoms with Gasteiger partial charge >= 0.3 is 12.1 Å². The van der Waals surface area contributed by atoms with E-state index in [0.717, 1.165) is 16.8 Å². The number of amides is 1. The largest absolute Gasteiger partial charge is 0.481 e. The van der Waals surface area contributed by atoms with Crippen LogP contribution < -0.4 is 10.9 Å². The van der Waals surface area contributed by atoms with Crippen LogP contribution >= 0.6 is 0 Å². The van der Waals surface area contributed by atoms with Gasteiger partial charge in [-0.3, -0.25) is 19.3 Å². The Kier molecular flexibility index (Phi) is 11.1. The van der Waals surface area contributed by atoms with Gasteiger partial charge in [0.05, 0.1) is 23.7 Å². The molecular formula is C35H41F5N4O4. The molecule has 1 saturated heterocycles. The third kappa shape index (κ3) is 8.47. The molecule has 8 nitrogen and oxygen atoms in total. The van der Waals surface area contributed by atoms with Crippen LogP contribution in [-0.2, 0) is 22.2 Å². The van der Waals surface area contributed by atoms with Crippen LogP contribution in [-0.4, -0.2) is 57.5 Å². The Labute approximate surface area is 276 Å². The smallest absolute Gasteiger partial charge is 0.416 e.